The fourth-order valence-electron chi connectivity index (χ4n) is 3.21. The molecule has 132 valence electrons. The van der Waals surface area contributed by atoms with Crippen LogP contribution in [0.1, 0.15) is 42.4 Å². The van der Waals surface area contributed by atoms with Crippen LogP contribution in [0.4, 0.5) is 0 Å². The van der Waals surface area contributed by atoms with Gasteiger partial charge in [0, 0.05) is 17.5 Å². The smallest absolute Gasteiger partial charge is 0.254 e. The number of hydrogen-bond acceptors (Lipinski definition) is 4. The molecule has 0 aliphatic heterocycles. The van der Waals surface area contributed by atoms with Gasteiger partial charge < -0.3 is 9.32 Å². The summed E-state index contributed by atoms with van der Waals surface area (Å²) in [5.74, 6) is 0.750. The molecule has 0 saturated carbocycles. The minimum atomic E-state index is -0.164. The molecular formula is C20H20N4O2. The van der Waals surface area contributed by atoms with Gasteiger partial charge in [0.2, 0.25) is 0 Å². The first kappa shape index (κ1) is 16.3. The molecule has 1 atom stereocenters. The van der Waals surface area contributed by atoms with Gasteiger partial charge in [0.05, 0.1) is 6.04 Å². The summed E-state index contributed by atoms with van der Waals surface area (Å²) in [6, 6.07) is 15.1. The number of carbonyl (C=O) groups is 1. The lowest BCUT2D eigenvalue weighted by Crippen LogP contribution is -2.34. The number of nitrogens with one attached hydrogen (secondary N) is 1. The van der Waals surface area contributed by atoms with Gasteiger partial charge in [0.1, 0.15) is 22.4 Å². The van der Waals surface area contributed by atoms with Gasteiger partial charge in [-0.1, -0.05) is 25.1 Å². The molecule has 0 radical (unpaired) electrons. The average molecular weight is 348 g/mol. The number of amides is 1. The zero-order valence-electron chi connectivity index (χ0n) is 14.8. The predicted molar refractivity (Wildman–Crippen MR) is 99.8 cm³/mol. The van der Waals surface area contributed by atoms with Crippen LogP contribution in [0.15, 0.2) is 52.9 Å². The number of aromatic amines is 1. The molecule has 6 nitrogen and oxygen atoms in total. The van der Waals surface area contributed by atoms with Crippen molar-refractivity contribution in [2.24, 2.45) is 0 Å². The Morgan fingerprint density at radius 3 is 2.77 bits per heavy atom. The van der Waals surface area contributed by atoms with Gasteiger partial charge in [-0.25, -0.2) is 0 Å². The van der Waals surface area contributed by atoms with E-state index in [1.54, 1.807) is 12.1 Å². The quantitative estimate of drug-likeness (QED) is 0.583. The van der Waals surface area contributed by atoms with Crippen LogP contribution in [0.2, 0.25) is 0 Å². The molecule has 0 bridgehead atoms. The van der Waals surface area contributed by atoms with Crippen molar-refractivity contribution in [1.29, 1.82) is 0 Å². The largest absolute Gasteiger partial charge is 0.459 e. The maximum atomic E-state index is 13.2. The lowest BCUT2D eigenvalue weighted by molar-refractivity contribution is 0.0672. The third kappa shape index (κ3) is 2.83. The third-order valence-corrected chi connectivity index (χ3v) is 4.61. The number of fused-ring (bicyclic) bond motifs is 2. The van der Waals surface area contributed by atoms with E-state index >= 15 is 0 Å². The Kier molecular flexibility index (Phi) is 4.16. The second-order valence-electron chi connectivity index (χ2n) is 6.39. The highest BCUT2D eigenvalue weighted by molar-refractivity contribution is 5.97. The van der Waals surface area contributed by atoms with Crippen molar-refractivity contribution in [2.45, 2.75) is 26.3 Å². The highest BCUT2D eigenvalue weighted by Gasteiger charge is 2.25. The Bertz CT molecular complexity index is 1030. The molecule has 0 fully saturated rings. The minimum absolute atomic E-state index is 0.0373. The number of rotatable bonds is 5. The van der Waals surface area contributed by atoms with Crippen LogP contribution in [0.3, 0.4) is 0 Å². The molecule has 0 saturated heterocycles. The van der Waals surface area contributed by atoms with Crippen molar-refractivity contribution in [2.75, 3.05) is 6.54 Å². The monoisotopic (exact) mass is 348 g/mol. The summed E-state index contributed by atoms with van der Waals surface area (Å²) >= 11 is 0. The molecule has 6 heteroatoms. The van der Waals surface area contributed by atoms with E-state index in [1.807, 2.05) is 48.2 Å². The topological polar surface area (TPSA) is 75.0 Å². The Morgan fingerprint density at radius 1 is 1.15 bits per heavy atom. The van der Waals surface area contributed by atoms with E-state index in [0.29, 0.717) is 17.6 Å². The Labute approximate surface area is 150 Å². The van der Waals surface area contributed by atoms with Crippen LogP contribution in [-0.2, 0) is 0 Å². The van der Waals surface area contributed by atoms with Crippen LogP contribution in [0, 0.1) is 0 Å². The molecule has 4 rings (SSSR count). The van der Waals surface area contributed by atoms with Crippen LogP contribution in [0.5, 0.6) is 0 Å². The first-order valence-electron chi connectivity index (χ1n) is 8.77. The molecule has 2 heterocycles. The number of H-pyrrole nitrogens is 1. The fraction of sp³-hybridized carbons (Fsp3) is 0.250. The third-order valence-electron chi connectivity index (χ3n) is 4.61. The number of para-hydroxylation sites is 1. The van der Waals surface area contributed by atoms with E-state index in [0.717, 1.165) is 28.7 Å². The zero-order chi connectivity index (χ0) is 18.1. The van der Waals surface area contributed by atoms with Crippen molar-refractivity contribution < 1.29 is 9.21 Å². The van der Waals surface area contributed by atoms with E-state index in [-0.39, 0.29) is 11.9 Å². The Morgan fingerprint density at radius 2 is 1.96 bits per heavy atom. The molecule has 2 aromatic heterocycles. The SMILES string of the molecule is CCCN(C(=O)c1ccc2n[nH]nc2c1)[C@H](C)c1cc2ccccc2o1. The molecule has 0 spiro atoms. The fourth-order valence-corrected chi connectivity index (χ4v) is 3.21. The Hall–Kier alpha value is -3.15. The van der Waals surface area contributed by atoms with Gasteiger partial charge in [0.25, 0.3) is 5.91 Å². The van der Waals surface area contributed by atoms with Gasteiger partial charge in [0.15, 0.2) is 0 Å². The molecule has 26 heavy (non-hydrogen) atoms. The molecule has 1 amide bonds. The van der Waals surface area contributed by atoms with Crippen molar-refractivity contribution >= 4 is 27.9 Å². The van der Waals surface area contributed by atoms with E-state index in [2.05, 4.69) is 22.3 Å². The van der Waals surface area contributed by atoms with Crippen molar-refractivity contribution in [3.05, 3.63) is 59.9 Å². The normalized spacial score (nSPS) is 12.5. The van der Waals surface area contributed by atoms with Crippen LogP contribution >= 0.6 is 0 Å². The van der Waals surface area contributed by atoms with Crippen molar-refractivity contribution in [3.63, 3.8) is 0 Å². The maximum Gasteiger partial charge on any atom is 0.254 e. The molecular weight excluding hydrogens is 328 g/mol. The van der Waals surface area contributed by atoms with Gasteiger partial charge in [-0.05, 0) is 43.7 Å². The lowest BCUT2D eigenvalue weighted by Gasteiger charge is -2.27. The highest BCUT2D eigenvalue weighted by atomic mass is 16.3. The summed E-state index contributed by atoms with van der Waals surface area (Å²) in [5.41, 5.74) is 2.86. The van der Waals surface area contributed by atoms with Crippen LogP contribution in [-0.4, -0.2) is 32.8 Å². The molecule has 0 aliphatic rings. The lowest BCUT2D eigenvalue weighted by atomic mass is 10.1. The van der Waals surface area contributed by atoms with Gasteiger partial charge in [-0.3, -0.25) is 4.79 Å². The van der Waals surface area contributed by atoms with Gasteiger partial charge >= 0.3 is 0 Å². The summed E-state index contributed by atoms with van der Waals surface area (Å²) in [7, 11) is 0. The minimum Gasteiger partial charge on any atom is -0.459 e. The van der Waals surface area contributed by atoms with E-state index in [9.17, 15) is 4.79 Å². The van der Waals surface area contributed by atoms with Gasteiger partial charge in [-0.15, -0.1) is 0 Å². The molecule has 4 aromatic rings. The zero-order valence-corrected chi connectivity index (χ0v) is 14.8. The van der Waals surface area contributed by atoms with E-state index in [4.69, 9.17) is 4.42 Å². The standard InChI is InChI=1S/C20H20N4O2/c1-3-10-24(13(2)19-12-14-6-4-5-7-18(14)26-19)20(25)15-8-9-16-17(11-15)22-23-21-16/h4-9,11-13H,3,10H2,1-2H3,(H,21,22,23)/t13-/m1/s1. The molecule has 0 aliphatic carbocycles. The summed E-state index contributed by atoms with van der Waals surface area (Å²) in [5, 5.41) is 11.7. The second-order valence-corrected chi connectivity index (χ2v) is 6.39. The summed E-state index contributed by atoms with van der Waals surface area (Å²) in [4.78, 5) is 15.0. The molecule has 1 N–H and O–H groups in total. The Balaban J connectivity index is 1.67. The predicted octanol–water partition coefficient (Wildman–Crippen LogP) is 4.32. The summed E-state index contributed by atoms with van der Waals surface area (Å²) in [6.07, 6.45) is 0.864. The number of aromatic nitrogens is 3. The number of benzene rings is 2. The van der Waals surface area contributed by atoms with E-state index in [1.165, 1.54) is 0 Å². The van der Waals surface area contributed by atoms with Crippen LogP contribution in [0.25, 0.3) is 22.0 Å². The summed E-state index contributed by atoms with van der Waals surface area (Å²) in [6.45, 7) is 4.71. The maximum absolute atomic E-state index is 13.2. The number of hydrogen-bond donors (Lipinski definition) is 1. The first-order valence-corrected chi connectivity index (χ1v) is 8.77. The van der Waals surface area contributed by atoms with Crippen LogP contribution < -0.4 is 0 Å². The average Bonchev–Trinajstić information content (AvgIpc) is 3.30. The van der Waals surface area contributed by atoms with Crippen molar-refractivity contribution in [3.8, 4) is 0 Å². The second kappa shape index (κ2) is 6.63. The first-order chi connectivity index (χ1) is 12.7. The summed E-state index contributed by atoms with van der Waals surface area (Å²) < 4.78 is 5.98. The van der Waals surface area contributed by atoms with Crippen molar-refractivity contribution in [1.82, 2.24) is 20.3 Å². The van der Waals surface area contributed by atoms with Gasteiger partial charge in [-0.2, -0.15) is 15.4 Å². The number of carbonyl (C=O) groups excluding carboxylic acids is 1. The van der Waals surface area contributed by atoms with E-state index < -0.39 is 0 Å². The number of furan rings is 1. The molecule has 0 unspecified atom stereocenters. The highest BCUT2D eigenvalue weighted by Crippen LogP contribution is 2.29. The molecule has 2 aromatic carbocycles. The number of nitrogens with zero attached hydrogens (tertiary/aromatic N) is 3.